The van der Waals surface area contributed by atoms with Gasteiger partial charge in [0.1, 0.15) is 12.2 Å². The molecule has 19 heavy (non-hydrogen) atoms. The van der Waals surface area contributed by atoms with Crippen LogP contribution in [0.15, 0.2) is 35.5 Å². The molecule has 1 aromatic heterocycles. The Bertz CT molecular complexity index is 640. The Morgan fingerprint density at radius 1 is 1.42 bits per heavy atom. The SMILES string of the molecule is CC(NS(=O)(=O)c1ccccc1CO)c1ncn[nH]1. The zero-order valence-corrected chi connectivity index (χ0v) is 11.1. The van der Waals surface area contributed by atoms with Gasteiger partial charge < -0.3 is 5.11 Å². The molecule has 0 fully saturated rings. The molecule has 0 amide bonds. The van der Waals surface area contributed by atoms with Crippen molar-refractivity contribution >= 4 is 10.0 Å². The molecule has 102 valence electrons. The van der Waals surface area contributed by atoms with Crippen molar-refractivity contribution in [3.63, 3.8) is 0 Å². The van der Waals surface area contributed by atoms with Gasteiger partial charge in [0.05, 0.1) is 17.5 Å². The first kappa shape index (κ1) is 13.7. The van der Waals surface area contributed by atoms with Crippen molar-refractivity contribution in [1.29, 1.82) is 0 Å². The second kappa shape index (κ2) is 5.47. The van der Waals surface area contributed by atoms with Gasteiger partial charge in [0.2, 0.25) is 10.0 Å². The van der Waals surface area contributed by atoms with Crippen LogP contribution in [0.1, 0.15) is 24.4 Å². The van der Waals surface area contributed by atoms with Crippen molar-refractivity contribution in [3.8, 4) is 0 Å². The minimum Gasteiger partial charge on any atom is -0.392 e. The minimum absolute atomic E-state index is 0.0591. The molecule has 7 nitrogen and oxygen atoms in total. The molecule has 1 unspecified atom stereocenters. The summed E-state index contributed by atoms with van der Waals surface area (Å²) in [4.78, 5) is 3.95. The largest absolute Gasteiger partial charge is 0.392 e. The molecule has 8 heteroatoms. The fraction of sp³-hybridized carbons (Fsp3) is 0.273. The molecular formula is C11H14N4O3S. The predicted molar refractivity (Wildman–Crippen MR) is 67.5 cm³/mol. The Kier molecular flexibility index (Phi) is 3.93. The number of aromatic nitrogens is 3. The van der Waals surface area contributed by atoms with Crippen LogP contribution in [0.3, 0.4) is 0 Å². The van der Waals surface area contributed by atoms with E-state index in [2.05, 4.69) is 19.9 Å². The average molecular weight is 282 g/mol. The number of hydrogen-bond donors (Lipinski definition) is 3. The number of aliphatic hydroxyl groups excluding tert-OH is 1. The summed E-state index contributed by atoms with van der Waals surface area (Å²) < 4.78 is 26.9. The number of sulfonamides is 1. The van der Waals surface area contributed by atoms with Crippen LogP contribution < -0.4 is 4.72 Å². The van der Waals surface area contributed by atoms with Crippen molar-refractivity contribution in [2.24, 2.45) is 0 Å². The lowest BCUT2D eigenvalue weighted by atomic mass is 10.2. The fourth-order valence-electron chi connectivity index (χ4n) is 1.67. The van der Waals surface area contributed by atoms with Crippen LogP contribution in [0.5, 0.6) is 0 Å². The van der Waals surface area contributed by atoms with Gasteiger partial charge in [-0.1, -0.05) is 18.2 Å². The maximum Gasteiger partial charge on any atom is 0.241 e. The average Bonchev–Trinajstić information content (AvgIpc) is 2.92. The quantitative estimate of drug-likeness (QED) is 0.732. The third kappa shape index (κ3) is 2.98. The van der Waals surface area contributed by atoms with Gasteiger partial charge >= 0.3 is 0 Å². The lowest BCUT2D eigenvalue weighted by Crippen LogP contribution is -2.28. The number of nitrogens with zero attached hydrogens (tertiary/aromatic N) is 2. The molecular weight excluding hydrogens is 268 g/mol. The van der Waals surface area contributed by atoms with Crippen molar-refractivity contribution < 1.29 is 13.5 Å². The number of rotatable bonds is 5. The fourth-order valence-corrected chi connectivity index (χ4v) is 3.11. The summed E-state index contributed by atoms with van der Waals surface area (Å²) in [7, 11) is -3.73. The van der Waals surface area contributed by atoms with E-state index < -0.39 is 16.1 Å². The Hall–Kier alpha value is -1.77. The summed E-state index contributed by atoms with van der Waals surface area (Å²) in [6.45, 7) is 1.31. The lowest BCUT2D eigenvalue weighted by Gasteiger charge is -2.13. The smallest absolute Gasteiger partial charge is 0.241 e. The van der Waals surface area contributed by atoms with E-state index in [-0.39, 0.29) is 11.5 Å². The first-order chi connectivity index (χ1) is 9.04. The van der Waals surface area contributed by atoms with Crippen molar-refractivity contribution in [1.82, 2.24) is 19.9 Å². The molecule has 0 radical (unpaired) electrons. The van der Waals surface area contributed by atoms with Gasteiger partial charge in [0.15, 0.2) is 0 Å². The van der Waals surface area contributed by atoms with E-state index in [1.807, 2.05) is 0 Å². The van der Waals surface area contributed by atoms with Crippen LogP contribution in [-0.2, 0) is 16.6 Å². The van der Waals surface area contributed by atoms with E-state index in [1.54, 1.807) is 25.1 Å². The molecule has 0 spiro atoms. The third-order valence-electron chi connectivity index (χ3n) is 2.61. The summed E-state index contributed by atoms with van der Waals surface area (Å²) in [5.74, 6) is 0.421. The molecule has 2 aromatic rings. The van der Waals surface area contributed by atoms with E-state index in [4.69, 9.17) is 0 Å². The van der Waals surface area contributed by atoms with Crippen LogP contribution in [0.25, 0.3) is 0 Å². The summed E-state index contributed by atoms with van der Waals surface area (Å²) in [6, 6.07) is 5.74. The summed E-state index contributed by atoms with van der Waals surface area (Å²) in [5, 5.41) is 15.5. The first-order valence-corrected chi connectivity index (χ1v) is 7.09. The zero-order valence-electron chi connectivity index (χ0n) is 10.2. The topological polar surface area (TPSA) is 108 Å². The molecule has 1 atom stereocenters. The predicted octanol–water partition coefficient (Wildman–Crippen LogP) is 0.336. The highest BCUT2D eigenvalue weighted by molar-refractivity contribution is 7.89. The number of aromatic amines is 1. The monoisotopic (exact) mass is 282 g/mol. The number of hydrogen-bond acceptors (Lipinski definition) is 5. The van der Waals surface area contributed by atoms with Crippen LogP contribution in [-0.4, -0.2) is 28.7 Å². The van der Waals surface area contributed by atoms with E-state index in [9.17, 15) is 13.5 Å². The Morgan fingerprint density at radius 2 is 2.16 bits per heavy atom. The van der Waals surface area contributed by atoms with Gasteiger partial charge in [0, 0.05) is 0 Å². The van der Waals surface area contributed by atoms with Gasteiger partial charge in [0.25, 0.3) is 0 Å². The number of aliphatic hydroxyl groups is 1. The van der Waals surface area contributed by atoms with Crippen LogP contribution >= 0.6 is 0 Å². The van der Waals surface area contributed by atoms with Crippen LogP contribution in [0, 0.1) is 0 Å². The van der Waals surface area contributed by atoms with Crippen molar-refractivity contribution in [3.05, 3.63) is 42.0 Å². The van der Waals surface area contributed by atoms with Gasteiger partial charge in [-0.05, 0) is 18.6 Å². The Labute approximate surface area is 110 Å². The van der Waals surface area contributed by atoms with Gasteiger partial charge in [-0.15, -0.1) is 0 Å². The van der Waals surface area contributed by atoms with E-state index in [0.29, 0.717) is 11.4 Å². The van der Waals surface area contributed by atoms with E-state index >= 15 is 0 Å². The van der Waals surface area contributed by atoms with Gasteiger partial charge in [-0.25, -0.2) is 18.1 Å². The maximum atomic E-state index is 12.2. The second-order valence-corrected chi connectivity index (χ2v) is 5.66. The number of benzene rings is 1. The van der Waals surface area contributed by atoms with Gasteiger partial charge in [-0.2, -0.15) is 5.10 Å². The number of nitrogens with one attached hydrogen (secondary N) is 2. The van der Waals surface area contributed by atoms with E-state index in [1.165, 1.54) is 12.4 Å². The molecule has 0 aliphatic heterocycles. The highest BCUT2D eigenvalue weighted by atomic mass is 32.2. The summed E-state index contributed by atoms with van der Waals surface area (Å²) in [5.41, 5.74) is 0.347. The summed E-state index contributed by atoms with van der Waals surface area (Å²) in [6.07, 6.45) is 1.31. The zero-order chi connectivity index (χ0) is 13.9. The molecule has 0 saturated heterocycles. The minimum atomic E-state index is -3.73. The van der Waals surface area contributed by atoms with Crippen molar-refractivity contribution in [2.75, 3.05) is 0 Å². The van der Waals surface area contributed by atoms with E-state index in [0.717, 1.165) is 0 Å². The Balaban J connectivity index is 2.28. The second-order valence-electron chi connectivity index (χ2n) is 3.98. The van der Waals surface area contributed by atoms with Gasteiger partial charge in [-0.3, -0.25) is 5.10 Å². The normalized spacial score (nSPS) is 13.4. The molecule has 0 aliphatic carbocycles. The molecule has 3 N–H and O–H groups in total. The number of H-pyrrole nitrogens is 1. The van der Waals surface area contributed by atoms with Crippen LogP contribution in [0.2, 0.25) is 0 Å². The lowest BCUT2D eigenvalue weighted by molar-refractivity contribution is 0.278. The highest BCUT2D eigenvalue weighted by Gasteiger charge is 2.22. The highest BCUT2D eigenvalue weighted by Crippen LogP contribution is 2.18. The summed E-state index contributed by atoms with van der Waals surface area (Å²) >= 11 is 0. The molecule has 0 saturated carbocycles. The standard InChI is InChI=1S/C11H14N4O3S/c1-8(11-12-7-13-14-11)15-19(17,18)10-5-3-2-4-9(10)6-16/h2-5,7-8,15-16H,6H2,1H3,(H,12,13,14). The Morgan fingerprint density at radius 3 is 2.79 bits per heavy atom. The molecule has 2 rings (SSSR count). The third-order valence-corrected chi connectivity index (χ3v) is 4.25. The molecule has 0 bridgehead atoms. The molecule has 1 heterocycles. The first-order valence-electron chi connectivity index (χ1n) is 5.61. The van der Waals surface area contributed by atoms with Crippen LogP contribution in [0.4, 0.5) is 0 Å². The van der Waals surface area contributed by atoms with Crippen molar-refractivity contribution in [2.45, 2.75) is 24.5 Å². The molecule has 1 aromatic carbocycles. The maximum absolute atomic E-state index is 12.2. The molecule has 0 aliphatic rings.